The molecule has 0 saturated carbocycles. The van der Waals surface area contributed by atoms with Gasteiger partial charge in [-0.1, -0.05) is 27.7 Å². The van der Waals surface area contributed by atoms with Crippen LogP contribution in [0.15, 0.2) is 0 Å². The average Bonchev–Trinajstić information content (AvgIpc) is 2.28. The zero-order valence-corrected chi connectivity index (χ0v) is 13.7. The molecular formula is C16H33NO2. The van der Waals surface area contributed by atoms with Crippen LogP contribution in [-0.4, -0.2) is 36.6 Å². The number of hydrogen-bond acceptors (Lipinski definition) is 3. The summed E-state index contributed by atoms with van der Waals surface area (Å²) in [5.41, 5.74) is 0. The lowest BCUT2D eigenvalue weighted by Crippen LogP contribution is -2.37. The Labute approximate surface area is 119 Å². The van der Waals surface area contributed by atoms with Gasteiger partial charge in [0.05, 0.1) is 13.0 Å². The lowest BCUT2D eigenvalue weighted by molar-refractivity contribution is -0.144. The Bertz CT molecular complexity index is 227. The SMILES string of the molecule is CCOC(=O)CC(C)N(CCC(C)C)CCC(C)C. The predicted molar refractivity (Wildman–Crippen MR) is 81.2 cm³/mol. The zero-order chi connectivity index (χ0) is 14.8. The van der Waals surface area contributed by atoms with Crippen LogP contribution in [0.2, 0.25) is 0 Å². The molecule has 114 valence electrons. The number of carbonyl (C=O) groups is 1. The Kier molecular flexibility index (Phi) is 9.94. The maximum atomic E-state index is 11.6. The fourth-order valence-electron chi connectivity index (χ4n) is 1.99. The fraction of sp³-hybridized carbons (Fsp3) is 0.938. The van der Waals surface area contributed by atoms with Gasteiger partial charge in [0.25, 0.3) is 0 Å². The third-order valence-electron chi connectivity index (χ3n) is 3.38. The van der Waals surface area contributed by atoms with E-state index < -0.39 is 0 Å². The van der Waals surface area contributed by atoms with Crippen molar-refractivity contribution in [1.29, 1.82) is 0 Å². The van der Waals surface area contributed by atoms with Crippen molar-refractivity contribution in [2.24, 2.45) is 11.8 Å². The summed E-state index contributed by atoms with van der Waals surface area (Å²) >= 11 is 0. The fourth-order valence-corrected chi connectivity index (χ4v) is 1.99. The summed E-state index contributed by atoms with van der Waals surface area (Å²) in [5, 5.41) is 0. The first-order chi connectivity index (χ1) is 8.86. The van der Waals surface area contributed by atoms with Crippen LogP contribution in [-0.2, 0) is 9.53 Å². The molecule has 0 aromatic carbocycles. The van der Waals surface area contributed by atoms with Crippen molar-refractivity contribution >= 4 is 5.97 Å². The average molecular weight is 271 g/mol. The zero-order valence-electron chi connectivity index (χ0n) is 13.7. The van der Waals surface area contributed by atoms with Gasteiger partial charge in [-0.2, -0.15) is 0 Å². The topological polar surface area (TPSA) is 29.5 Å². The van der Waals surface area contributed by atoms with Gasteiger partial charge in [0, 0.05) is 6.04 Å². The molecule has 0 aromatic rings. The van der Waals surface area contributed by atoms with Gasteiger partial charge in [-0.05, 0) is 51.6 Å². The van der Waals surface area contributed by atoms with E-state index >= 15 is 0 Å². The van der Waals surface area contributed by atoms with Crippen molar-refractivity contribution in [2.45, 2.75) is 66.8 Å². The van der Waals surface area contributed by atoms with Crippen LogP contribution in [0.4, 0.5) is 0 Å². The largest absolute Gasteiger partial charge is 0.466 e. The van der Waals surface area contributed by atoms with Crippen LogP contribution >= 0.6 is 0 Å². The highest BCUT2D eigenvalue weighted by Crippen LogP contribution is 2.12. The molecule has 3 heteroatoms. The van der Waals surface area contributed by atoms with Gasteiger partial charge in [-0.25, -0.2) is 0 Å². The summed E-state index contributed by atoms with van der Waals surface area (Å²) in [6, 6.07) is 0.275. The summed E-state index contributed by atoms with van der Waals surface area (Å²) < 4.78 is 5.05. The molecule has 0 saturated heterocycles. The van der Waals surface area contributed by atoms with Crippen LogP contribution in [0.25, 0.3) is 0 Å². The van der Waals surface area contributed by atoms with Crippen LogP contribution in [0.3, 0.4) is 0 Å². The monoisotopic (exact) mass is 271 g/mol. The Balaban J connectivity index is 4.30. The van der Waals surface area contributed by atoms with E-state index in [0.717, 1.165) is 13.1 Å². The molecule has 1 unspecified atom stereocenters. The second-order valence-corrected chi connectivity index (χ2v) is 6.26. The van der Waals surface area contributed by atoms with Crippen LogP contribution < -0.4 is 0 Å². The number of esters is 1. The Hall–Kier alpha value is -0.570. The molecule has 0 rings (SSSR count). The highest BCUT2D eigenvalue weighted by molar-refractivity contribution is 5.70. The van der Waals surface area contributed by atoms with E-state index in [1.165, 1.54) is 12.8 Å². The molecule has 0 aliphatic carbocycles. The normalized spacial score (nSPS) is 13.3. The molecule has 3 nitrogen and oxygen atoms in total. The Morgan fingerprint density at radius 1 is 1.00 bits per heavy atom. The van der Waals surface area contributed by atoms with Gasteiger partial charge in [0.2, 0.25) is 0 Å². The van der Waals surface area contributed by atoms with Crippen molar-refractivity contribution in [1.82, 2.24) is 4.90 Å². The summed E-state index contributed by atoms with van der Waals surface area (Å²) in [6.07, 6.45) is 2.88. The molecule has 19 heavy (non-hydrogen) atoms. The van der Waals surface area contributed by atoms with Crippen LogP contribution in [0, 0.1) is 11.8 Å². The van der Waals surface area contributed by atoms with Gasteiger partial charge in [-0.3, -0.25) is 4.79 Å². The first-order valence-electron chi connectivity index (χ1n) is 7.76. The van der Waals surface area contributed by atoms with Crippen molar-refractivity contribution < 1.29 is 9.53 Å². The van der Waals surface area contributed by atoms with E-state index in [1.54, 1.807) is 0 Å². The first-order valence-corrected chi connectivity index (χ1v) is 7.76. The lowest BCUT2D eigenvalue weighted by atomic mass is 10.1. The minimum absolute atomic E-state index is 0.0749. The molecule has 1 atom stereocenters. The number of rotatable bonds is 10. The lowest BCUT2D eigenvalue weighted by Gasteiger charge is -2.30. The minimum atomic E-state index is -0.0749. The summed E-state index contributed by atoms with van der Waals surface area (Å²) in [5.74, 6) is 1.33. The standard InChI is InChI=1S/C16H33NO2/c1-7-19-16(18)12-15(6)17(10-8-13(2)3)11-9-14(4)5/h13-15H,7-12H2,1-6H3. The number of nitrogens with zero attached hydrogens (tertiary/aromatic N) is 1. The summed E-state index contributed by atoms with van der Waals surface area (Å²) in [4.78, 5) is 14.0. The molecule has 0 aliphatic heterocycles. The van der Waals surface area contributed by atoms with Crippen molar-refractivity contribution in [3.8, 4) is 0 Å². The molecule has 0 bridgehead atoms. The number of hydrogen-bond donors (Lipinski definition) is 0. The molecule has 0 radical (unpaired) electrons. The van der Waals surface area contributed by atoms with Crippen LogP contribution in [0.5, 0.6) is 0 Å². The molecule has 0 spiro atoms. The third-order valence-corrected chi connectivity index (χ3v) is 3.38. The highest BCUT2D eigenvalue weighted by Gasteiger charge is 2.18. The maximum absolute atomic E-state index is 11.6. The minimum Gasteiger partial charge on any atom is -0.466 e. The molecule has 0 aliphatic rings. The third kappa shape index (κ3) is 9.94. The van der Waals surface area contributed by atoms with Gasteiger partial charge in [0.1, 0.15) is 0 Å². The van der Waals surface area contributed by atoms with Gasteiger partial charge in [-0.15, -0.1) is 0 Å². The molecule has 0 amide bonds. The molecule has 0 fully saturated rings. The van der Waals surface area contributed by atoms with Gasteiger partial charge in [0.15, 0.2) is 0 Å². The van der Waals surface area contributed by atoms with E-state index in [2.05, 4.69) is 39.5 Å². The Morgan fingerprint density at radius 3 is 1.84 bits per heavy atom. The second kappa shape index (κ2) is 10.2. The number of carbonyl (C=O) groups excluding carboxylic acids is 1. The molecule has 0 heterocycles. The predicted octanol–water partition coefficient (Wildman–Crippen LogP) is 3.72. The van der Waals surface area contributed by atoms with E-state index in [4.69, 9.17) is 4.74 Å². The van der Waals surface area contributed by atoms with Gasteiger partial charge < -0.3 is 9.64 Å². The van der Waals surface area contributed by atoms with Crippen molar-refractivity contribution in [2.75, 3.05) is 19.7 Å². The second-order valence-electron chi connectivity index (χ2n) is 6.26. The smallest absolute Gasteiger partial charge is 0.307 e. The summed E-state index contributed by atoms with van der Waals surface area (Å²) in [7, 11) is 0. The van der Waals surface area contributed by atoms with Crippen molar-refractivity contribution in [3.05, 3.63) is 0 Å². The van der Waals surface area contributed by atoms with E-state index in [0.29, 0.717) is 24.9 Å². The summed E-state index contributed by atoms with van der Waals surface area (Å²) in [6.45, 7) is 15.6. The van der Waals surface area contributed by atoms with E-state index in [1.807, 2.05) is 6.92 Å². The first kappa shape index (κ1) is 18.4. The molecule has 0 aromatic heterocycles. The Morgan fingerprint density at radius 2 is 1.47 bits per heavy atom. The quantitative estimate of drug-likeness (QED) is 0.567. The molecule has 0 N–H and O–H groups in total. The van der Waals surface area contributed by atoms with E-state index in [-0.39, 0.29) is 12.0 Å². The maximum Gasteiger partial charge on any atom is 0.307 e. The highest BCUT2D eigenvalue weighted by atomic mass is 16.5. The van der Waals surface area contributed by atoms with Crippen molar-refractivity contribution in [3.63, 3.8) is 0 Å². The van der Waals surface area contributed by atoms with Gasteiger partial charge >= 0.3 is 5.97 Å². The van der Waals surface area contributed by atoms with Crippen LogP contribution in [0.1, 0.15) is 60.8 Å². The number of ether oxygens (including phenoxy) is 1. The van der Waals surface area contributed by atoms with E-state index in [9.17, 15) is 4.79 Å². The molecular weight excluding hydrogens is 238 g/mol.